The van der Waals surface area contributed by atoms with E-state index in [4.69, 9.17) is 20.4 Å². The van der Waals surface area contributed by atoms with Crippen LogP contribution >= 0.6 is 11.6 Å². The Labute approximate surface area is 184 Å². The van der Waals surface area contributed by atoms with E-state index in [9.17, 15) is 9.59 Å². The fraction of sp³-hybridized carbons (Fsp3) is 0.261. The minimum Gasteiger partial charge on any atom is -0.469 e. The Balaban J connectivity index is 1.57. The van der Waals surface area contributed by atoms with Gasteiger partial charge in [-0.1, -0.05) is 17.7 Å². The quantitative estimate of drug-likeness (QED) is 0.548. The van der Waals surface area contributed by atoms with E-state index in [1.807, 2.05) is 19.9 Å². The number of anilines is 1. The summed E-state index contributed by atoms with van der Waals surface area (Å²) in [5.41, 5.74) is 6.70. The molecule has 1 aliphatic rings. The molecule has 0 radical (unpaired) electrons. The zero-order valence-electron chi connectivity index (χ0n) is 17.5. The smallest absolute Gasteiger partial charge is 0.291 e. The highest BCUT2D eigenvalue weighted by Gasteiger charge is 2.28. The Hall–Kier alpha value is -3.32. The Morgan fingerprint density at radius 2 is 1.90 bits per heavy atom. The molecule has 0 spiro atoms. The maximum atomic E-state index is 12.8. The summed E-state index contributed by atoms with van der Waals surface area (Å²) in [6.07, 6.45) is 3.65. The van der Waals surface area contributed by atoms with Gasteiger partial charge in [0.15, 0.2) is 5.76 Å². The molecular formula is C23H22ClN3O4. The van der Waals surface area contributed by atoms with Crippen molar-refractivity contribution in [1.29, 1.82) is 0 Å². The van der Waals surface area contributed by atoms with Crippen LogP contribution in [-0.4, -0.2) is 17.5 Å². The topological polar surface area (TPSA) is 96.8 Å². The molecule has 2 amide bonds. The highest BCUT2D eigenvalue weighted by Crippen LogP contribution is 2.30. The average Bonchev–Trinajstić information content (AvgIpc) is 3.32. The van der Waals surface area contributed by atoms with E-state index in [2.05, 4.69) is 15.8 Å². The summed E-state index contributed by atoms with van der Waals surface area (Å²) >= 11 is 6.15. The molecule has 0 unspecified atom stereocenters. The Bertz CT molecular complexity index is 1210. The number of benzene rings is 1. The monoisotopic (exact) mass is 439 g/mol. The molecule has 0 atom stereocenters. The van der Waals surface area contributed by atoms with Gasteiger partial charge < -0.3 is 14.2 Å². The third-order valence-electron chi connectivity index (χ3n) is 5.36. The summed E-state index contributed by atoms with van der Waals surface area (Å²) in [5.74, 6) is 0.749. The SMILES string of the molecule is Cc1ccc(NC(=O)c2oc3c(c2C)/C(=N/NC(=O)c2ccoc2C)CCC3)cc1Cl. The number of hydrazone groups is 1. The summed E-state index contributed by atoms with van der Waals surface area (Å²) in [7, 11) is 0. The summed E-state index contributed by atoms with van der Waals surface area (Å²) < 4.78 is 11.1. The molecular weight excluding hydrogens is 418 g/mol. The summed E-state index contributed by atoms with van der Waals surface area (Å²) in [4.78, 5) is 25.2. The molecule has 0 fully saturated rings. The van der Waals surface area contributed by atoms with Crippen LogP contribution in [0.3, 0.4) is 0 Å². The number of furan rings is 2. The van der Waals surface area contributed by atoms with E-state index in [0.29, 0.717) is 51.9 Å². The largest absolute Gasteiger partial charge is 0.469 e. The van der Waals surface area contributed by atoms with E-state index in [0.717, 1.165) is 17.5 Å². The maximum Gasteiger partial charge on any atom is 0.291 e. The van der Waals surface area contributed by atoms with Crippen molar-refractivity contribution in [3.05, 3.63) is 75.1 Å². The molecule has 0 saturated heterocycles. The number of halogens is 1. The van der Waals surface area contributed by atoms with Crippen LogP contribution in [0.1, 0.15) is 62.0 Å². The number of carbonyl (C=O) groups is 2. The second-order valence-electron chi connectivity index (χ2n) is 7.52. The lowest BCUT2D eigenvalue weighted by Crippen LogP contribution is -2.22. The van der Waals surface area contributed by atoms with Crippen molar-refractivity contribution in [2.45, 2.75) is 40.0 Å². The van der Waals surface area contributed by atoms with Crippen molar-refractivity contribution >= 4 is 34.8 Å². The van der Waals surface area contributed by atoms with Gasteiger partial charge in [-0.15, -0.1) is 0 Å². The predicted molar refractivity (Wildman–Crippen MR) is 118 cm³/mol. The van der Waals surface area contributed by atoms with Crippen molar-refractivity contribution in [2.24, 2.45) is 5.10 Å². The normalized spacial score (nSPS) is 14.4. The first kappa shape index (κ1) is 20.9. The van der Waals surface area contributed by atoms with Crippen LogP contribution in [0.15, 0.2) is 44.5 Å². The Morgan fingerprint density at radius 3 is 2.61 bits per heavy atom. The van der Waals surface area contributed by atoms with Crippen molar-refractivity contribution < 1.29 is 18.4 Å². The number of hydrogen-bond donors (Lipinski definition) is 2. The van der Waals surface area contributed by atoms with Gasteiger partial charge in [-0.05, 0) is 57.4 Å². The standard InChI is InChI=1S/C23H22ClN3O4/c1-12-7-8-15(11-17(12)24)25-23(29)21-13(2)20-18(5-4-6-19(20)31-21)26-27-22(28)16-9-10-30-14(16)3/h7-11H,4-6H2,1-3H3,(H,25,29)(H,27,28)/b26-18+. The molecule has 4 rings (SSSR count). The van der Waals surface area contributed by atoms with Crippen LogP contribution in [0.4, 0.5) is 5.69 Å². The van der Waals surface area contributed by atoms with Gasteiger partial charge in [-0.3, -0.25) is 9.59 Å². The first-order valence-corrected chi connectivity index (χ1v) is 10.3. The van der Waals surface area contributed by atoms with Crippen molar-refractivity contribution in [3.8, 4) is 0 Å². The van der Waals surface area contributed by atoms with Crippen LogP contribution in [0, 0.1) is 20.8 Å². The molecule has 2 N–H and O–H groups in total. The minimum atomic E-state index is -0.357. The number of hydrogen-bond acceptors (Lipinski definition) is 5. The molecule has 160 valence electrons. The van der Waals surface area contributed by atoms with Gasteiger partial charge in [0, 0.05) is 28.3 Å². The number of nitrogens with one attached hydrogen (secondary N) is 2. The van der Waals surface area contributed by atoms with Crippen LogP contribution in [0.25, 0.3) is 0 Å². The highest BCUT2D eigenvalue weighted by atomic mass is 35.5. The van der Waals surface area contributed by atoms with E-state index in [1.54, 1.807) is 25.1 Å². The number of fused-ring (bicyclic) bond motifs is 1. The number of rotatable bonds is 4. The fourth-order valence-corrected chi connectivity index (χ4v) is 3.83. The zero-order chi connectivity index (χ0) is 22.1. The van der Waals surface area contributed by atoms with Gasteiger partial charge in [-0.2, -0.15) is 5.10 Å². The number of nitrogens with zero attached hydrogens (tertiary/aromatic N) is 1. The van der Waals surface area contributed by atoms with Gasteiger partial charge in [0.1, 0.15) is 11.5 Å². The maximum absolute atomic E-state index is 12.8. The predicted octanol–water partition coefficient (Wildman–Crippen LogP) is 5.17. The van der Waals surface area contributed by atoms with E-state index in [-0.39, 0.29) is 17.6 Å². The van der Waals surface area contributed by atoms with Crippen LogP contribution in [0.5, 0.6) is 0 Å². The Kier molecular flexibility index (Phi) is 5.69. The lowest BCUT2D eigenvalue weighted by Gasteiger charge is -2.13. The van der Waals surface area contributed by atoms with E-state index < -0.39 is 0 Å². The van der Waals surface area contributed by atoms with Crippen LogP contribution in [-0.2, 0) is 6.42 Å². The van der Waals surface area contributed by atoms with Crippen molar-refractivity contribution in [3.63, 3.8) is 0 Å². The second-order valence-corrected chi connectivity index (χ2v) is 7.92. The molecule has 0 saturated carbocycles. The third kappa shape index (κ3) is 4.14. The van der Waals surface area contributed by atoms with Crippen molar-refractivity contribution in [2.75, 3.05) is 5.32 Å². The molecule has 0 bridgehead atoms. The zero-order valence-corrected chi connectivity index (χ0v) is 18.2. The molecule has 1 aliphatic carbocycles. The number of aryl methyl sites for hydroxylation is 3. The second kappa shape index (κ2) is 8.43. The highest BCUT2D eigenvalue weighted by molar-refractivity contribution is 6.31. The van der Waals surface area contributed by atoms with Gasteiger partial charge in [-0.25, -0.2) is 5.43 Å². The summed E-state index contributed by atoms with van der Waals surface area (Å²) in [6, 6.07) is 6.93. The number of carbonyl (C=O) groups excluding carboxylic acids is 2. The molecule has 2 aromatic heterocycles. The molecule has 31 heavy (non-hydrogen) atoms. The van der Waals surface area contributed by atoms with Crippen LogP contribution in [0.2, 0.25) is 5.02 Å². The van der Waals surface area contributed by atoms with Crippen LogP contribution < -0.4 is 10.7 Å². The lowest BCUT2D eigenvalue weighted by molar-refractivity contribution is 0.0952. The average molecular weight is 440 g/mol. The third-order valence-corrected chi connectivity index (χ3v) is 5.76. The van der Waals surface area contributed by atoms with E-state index >= 15 is 0 Å². The Morgan fingerprint density at radius 1 is 1.10 bits per heavy atom. The molecule has 1 aromatic carbocycles. The van der Waals surface area contributed by atoms with Gasteiger partial charge in [0.2, 0.25) is 0 Å². The first-order chi connectivity index (χ1) is 14.8. The van der Waals surface area contributed by atoms with Gasteiger partial charge >= 0.3 is 0 Å². The summed E-state index contributed by atoms with van der Waals surface area (Å²) in [6.45, 7) is 5.43. The molecule has 0 aliphatic heterocycles. The molecule has 8 heteroatoms. The van der Waals surface area contributed by atoms with Gasteiger partial charge in [0.25, 0.3) is 11.8 Å². The van der Waals surface area contributed by atoms with E-state index in [1.165, 1.54) is 6.26 Å². The first-order valence-electron chi connectivity index (χ1n) is 9.96. The lowest BCUT2D eigenvalue weighted by atomic mass is 9.93. The summed E-state index contributed by atoms with van der Waals surface area (Å²) in [5, 5.41) is 7.73. The fourth-order valence-electron chi connectivity index (χ4n) is 3.65. The van der Waals surface area contributed by atoms with Crippen molar-refractivity contribution in [1.82, 2.24) is 5.43 Å². The molecule has 7 nitrogen and oxygen atoms in total. The minimum absolute atomic E-state index is 0.230. The number of amides is 2. The molecule has 2 heterocycles. The van der Waals surface area contributed by atoms with Gasteiger partial charge in [0.05, 0.1) is 17.5 Å². The molecule has 3 aromatic rings.